The number of hydrogen-bond donors (Lipinski definition) is 2. The number of fused-ring (bicyclic) bond motifs is 1. The predicted molar refractivity (Wildman–Crippen MR) is 131 cm³/mol. The van der Waals surface area contributed by atoms with Crippen molar-refractivity contribution in [2.45, 2.75) is 24.9 Å². The van der Waals surface area contributed by atoms with Crippen LogP contribution in [0.4, 0.5) is 29.5 Å². The van der Waals surface area contributed by atoms with E-state index in [1.54, 1.807) is 12.1 Å². The fraction of sp³-hybridized carbons (Fsp3) is 0.500. The molecule has 1 aromatic carbocycles. The lowest BCUT2D eigenvalue weighted by atomic mass is 9.93. The van der Waals surface area contributed by atoms with Crippen molar-refractivity contribution in [2.75, 3.05) is 63.2 Å². The molecule has 2 aliphatic rings. The number of amides is 2. The Balaban J connectivity index is 1.47. The van der Waals surface area contributed by atoms with Crippen LogP contribution >= 0.6 is 0 Å². The van der Waals surface area contributed by atoms with E-state index in [1.165, 1.54) is 11.9 Å². The fourth-order valence-corrected chi connectivity index (χ4v) is 4.74. The number of nitrogens with one attached hydrogen (secondary N) is 2. The largest absolute Gasteiger partial charge is 0.401 e. The Morgan fingerprint density at radius 3 is 2.43 bits per heavy atom. The second-order valence-corrected chi connectivity index (χ2v) is 9.16. The number of hydrogen-bond acceptors (Lipinski definition) is 8. The summed E-state index contributed by atoms with van der Waals surface area (Å²) >= 11 is 0. The number of likely N-dealkylation sites (tertiary alicyclic amines) is 1. The molecule has 2 saturated heterocycles. The average molecular weight is 520 g/mol. The number of nitrogens with zero attached hydrogens (tertiary/aromatic N) is 5. The number of aromatic nitrogens is 3. The van der Waals surface area contributed by atoms with Crippen molar-refractivity contribution in [3.63, 3.8) is 0 Å². The van der Waals surface area contributed by atoms with Crippen LogP contribution in [0.2, 0.25) is 0 Å². The Hall–Kier alpha value is -3.45. The van der Waals surface area contributed by atoms with Gasteiger partial charge in [-0.25, -0.2) is 14.8 Å². The highest BCUT2D eigenvalue weighted by Crippen LogP contribution is 2.36. The molecule has 2 amide bonds. The van der Waals surface area contributed by atoms with E-state index < -0.39 is 12.7 Å². The van der Waals surface area contributed by atoms with E-state index >= 15 is 0 Å². The highest BCUT2D eigenvalue weighted by Gasteiger charge is 2.34. The maximum absolute atomic E-state index is 12.8. The molecule has 0 radical (unpaired) electrons. The molecule has 13 heteroatoms. The van der Waals surface area contributed by atoms with Gasteiger partial charge >= 0.3 is 12.2 Å². The molecule has 37 heavy (non-hydrogen) atoms. The van der Waals surface area contributed by atoms with Gasteiger partial charge in [-0.3, -0.25) is 4.90 Å². The summed E-state index contributed by atoms with van der Waals surface area (Å²) in [6, 6.07) is 6.83. The first-order chi connectivity index (χ1) is 17.8. The molecule has 10 nitrogen and oxygen atoms in total. The van der Waals surface area contributed by atoms with Gasteiger partial charge in [-0.05, 0) is 50.2 Å². The van der Waals surface area contributed by atoms with Gasteiger partial charge < -0.3 is 24.8 Å². The monoisotopic (exact) mass is 519 g/mol. The van der Waals surface area contributed by atoms with Crippen molar-refractivity contribution < 1.29 is 27.2 Å². The van der Waals surface area contributed by atoms with Crippen LogP contribution in [0, 0.1) is 0 Å². The highest BCUT2D eigenvalue weighted by atomic mass is 19.4. The Labute approximate surface area is 211 Å². The first-order valence-corrected chi connectivity index (χ1v) is 12.2. The molecule has 198 valence electrons. The number of urea groups is 1. The number of alkyl halides is 3. The predicted octanol–water partition coefficient (Wildman–Crippen LogP) is 3.61. The molecule has 0 saturated carbocycles. The number of ether oxygens (including phenoxy) is 1. The molecule has 4 heterocycles. The number of morpholine rings is 1. The van der Waals surface area contributed by atoms with E-state index in [2.05, 4.69) is 20.7 Å². The zero-order chi connectivity index (χ0) is 26.0. The van der Waals surface area contributed by atoms with E-state index in [0.717, 1.165) is 5.56 Å². The van der Waals surface area contributed by atoms with Crippen LogP contribution in [0.15, 0.2) is 28.8 Å². The molecule has 2 fully saturated rings. The molecular formula is C24H28F3N7O3. The second-order valence-electron chi connectivity index (χ2n) is 9.16. The van der Waals surface area contributed by atoms with Crippen molar-refractivity contribution >= 4 is 28.6 Å². The zero-order valence-electron chi connectivity index (χ0n) is 20.3. The van der Waals surface area contributed by atoms with Gasteiger partial charge in [0.1, 0.15) is 11.2 Å². The molecule has 0 atom stereocenters. The molecule has 3 aromatic rings. The third kappa shape index (κ3) is 5.77. The first-order valence-electron chi connectivity index (χ1n) is 12.2. The summed E-state index contributed by atoms with van der Waals surface area (Å²) in [4.78, 5) is 24.7. The van der Waals surface area contributed by atoms with Gasteiger partial charge in [-0.1, -0.05) is 5.16 Å². The summed E-state index contributed by atoms with van der Waals surface area (Å²) in [6.07, 6.45) is -3.15. The Bertz CT molecular complexity index is 1230. The summed E-state index contributed by atoms with van der Waals surface area (Å²) in [5.74, 6) is 1.02. The zero-order valence-corrected chi connectivity index (χ0v) is 20.3. The molecule has 2 aromatic heterocycles. The van der Waals surface area contributed by atoms with Crippen LogP contribution in [-0.2, 0) is 4.74 Å². The van der Waals surface area contributed by atoms with Gasteiger partial charge in [0.15, 0.2) is 11.6 Å². The summed E-state index contributed by atoms with van der Waals surface area (Å²) in [6.45, 7) is 2.12. The van der Waals surface area contributed by atoms with Crippen LogP contribution in [0.25, 0.3) is 22.5 Å². The standard InChI is InChI=1S/C24H28F3N7O3/c1-28-23(35)29-17-4-2-16(3-5-17)21-30-19-18(15-6-8-33(9-7-15)14-24(25,26)27)32-37-20(19)22(31-21)34-10-12-36-13-11-34/h2-5,15H,6-14H2,1H3,(H2,28,29,35). The van der Waals surface area contributed by atoms with Crippen molar-refractivity contribution in [1.29, 1.82) is 0 Å². The minimum absolute atomic E-state index is 0.0647. The first kappa shape index (κ1) is 25.2. The summed E-state index contributed by atoms with van der Waals surface area (Å²) in [5.41, 5.74) is 3.06. The third-order valence-electron chi connectivity index (χ3n) is 6.64. The van der Waals surface area contributed by atoms with Gasteiger partial charge in [-0.15, -0.1) is 0 Å². The lowest BCUT2D eigenvalue weighted by Gasteiger charge is -2.31. The number of benzene rings is 1. The highest BCUT2D eigenvalue weighted by molar-refractivity contribution is 5.90. The number of halogens is 3. The van der Waals surface area contributed by atoms with Gasteiger partial charge in [0.25, 0.3) is 0 Å². The molecular weight excluding hydrogens is 491 g/mol. The van der Waals surface area contributed by atoms with Crippen molar-refractivity contribution in [1.82, 2.24) is 25.3 Å². The molecule has 2 N–H and O–H groups in total. The Morgan fingerprint density at radius 2 is 1.78 bits per heavy atom. The van der Waals surface area contributed by atoms with Crippen LogP contribution in [-0.4, -0.2) is 85.2 Å². The van der Waals surface area contributed by atoms with E-state index in [0.29, 0.717) is 86.4 Å². The quantitative estimate of drug-likeness (QED) is 0.526. The van der Waals surface area contributed by atoms with E-state index in [1.807, 2.05) is 12.1 Å². The smallest absolute Gasteiger partial charge is 0.378 e. The fourth-order valence-electron chi connectivity index (χ4n) is 4.74. The van der Waals surface area contributed by atoms with E-state index in [-0.39, 0.29) is 11.9 Å². The molecule has 0 aliphatic carbocycles. The topological polar surface area (TPSA) is 109 Å². The van der Waals surface area contributed by atoms with E-state index in [9.17, 15) is 18.0 Å². The normalized spacial score (nSPS) is 17.8. The average Bonchev–Trinajstić information content (AvgIpc) is 3.32. The molecule has 0 spiro atoms. The van der Waals surface area contributed by atoms with Gasteiger partial charge in [0.2, 0.25) is 5.58 Å². The lowest BCUT2D eigenvalue weighted by Crippen LogP contribution is -2.39. The number of anilines is 2. The minimum atomic E-state index is -4.21. The van der Waals surface area contributed by atoms with Crippen molar-refractivity contribution in [2.24, 2.45) is 0 Å². The SMILES string of the molecule is CNC(=O)Nc1ccc(-c2nc(N3CCOCC3)c3onc(C4CCN(CC(F)(F)F)CC4)c3n2)cc1. The van der Waals surface area contributed by atoms with Crippen LogP contribution in [0.3, 0.4) is 0 Å². The number of carbonyl (C=O) groups is 1. The maximum atomic E-state index is 12.8. The summed E-state index contributed by atoms with van der Waals surface area (Å²) in [5, 5.41) is 9.56. The van der Waals surface area contributed by atoms with Crippen LogP contribution in [0.1, 0.15) is 24.5 Å². The van der Waals surface area contributed by atoms with Gasteiger partial charge in [0, 0.05) is 37.3 Å². The molecule has 0 bridgehead atoms. The van der Waals surface area contributed by atoms with E-state index in [4.69, 9.17) is 19.2 Å². The summed E-state index contributed by atoms with van der Waals surface area (Å²) in [7, 11) is 1.54. The third-order valence-corrected chi connectivity index (χ3v) is 6.64. The maximum Gasteiger partial charge on any atom is 0.401 e. The molecule has 2 aliphatic heterocycles. The molecule has 5 rings (SSSR count). The van der Waals surface area contributed by atoms with Gasteiger partial charge in [0.05, 0.1) is 19.8 Å². The van der Waals surface area contributed by atoms with Gasteiger partial charge in [-0.2, -0.15) is 13.2 Å². The van der Waals surface area contributed by atoms with Crippen molar-refractivity contribution in [3.8, 4) is 11.4 Å². The Morgan fingerprint density at radius 1 is 1.08 bits per heavy atom. The van der Waals surface area contributed by atoms with Crippen molar-refractivity contribution in [3.05, 3.63) is 30.0 Å². The lowest BCUT2D eigenvalue weighted by molar-refractivity contribution is -0.148. The molecule has 0 unspecified atom stereocenters. The second kappa shape index (κ2) is 10.5. The number of carbonyl (C=O) groups excluding carboxylic acids is 1. The Kier molecular flexibility index (Phi) is 7.15. The van der Waals surface area contributed by atoms with Crippen LogP contribution < -0.4 is 15.5 Å². The minimum Gasteiger partial charge on any atom is -0.378 e. The number of rotatable bonds is 5. The summed E-state index contributed by atoms with van der Waals surface area (Å²) < 4.78 is 49.7. The number of piperidine rings is 1. The van der Waals surface area contributed by atoms with Crippen LogP contribution in [0.5, 0.6) is 0 Å².